The van der Waals surface area contributed by atoms with E-state index in [9.17, 15) is 9.59 Å². The summed E-state index contributed by atoms with van der Waals surface area (Å²) in [6.45, 7) is 1.99. The zero-order valence-corrected chi connectivity index (χ0v) is 16.8. The molecule has 3 N–H and O–H groups in total. The molecule has 2 aliphatic heterocycles. The van der Waals surface area contributed by atoms with Crippen LogP contribution in [0, 0.1) is 5.92 Å². The fourth-order valence-electron chi connectivity index (χ4n) is 4.63. The Morgan fingerprint density at radius 2 is 2.14 bits per heavy atom. The van der Waals surface area contributed by atoms with Crippen molar-refractivity contribution < 1.29 is 14.3 Å². The molecule has 4 unspecified atom stereocenters. The number of hydrazine groups is 1. The van der Waals surface area contributed by atoms with Gasteiger partial charge in [0.1, 0.15) is 18.5 Å². The van der Waals surface area contributed by atoms with E-state index in [1.807, 2.05) is 6.92 Å². The lowest BCUT2D eigenvalue weighted by atomic mass is 9.80. The van der Waals surface area contributed by atoms with Crippen molar-refractivity contribution >= 4 is 29.2 Å². The van der Waals surface area contributed by atoms with Crippen LogP contribution in [0.3, 0.4) is 0 Å². The molecular weight excluding hydrogens is 382 g/mol. The van der Waals surface area contributed by atoms with Crippen molar-refractivity contribution in [3.05, 3.63) is 23.2 Å². The van der Waals surface area contributed by atoms with Crippen LogP contribution >= 0.6 is 11.6 Å². The molecule has 0 aromatic heterocycles. The largest absolute Gasteiger partial charge is 0.495 e. The lowest BCUT2D eigenvalue weighted by molar-refractivity contribution is -0.118. The Balaban J connectivity index is 1.52. The highest BCUT2D eigenvalue weighted by Gasteiger charge is 2.51. The molecule has 8 nitrogen and oxygen atoms in total. The number of methoxy groups -OCH3 is 1. The number of carbonyl (C=O) groups is 2. The first-order valence-electron chi connectivity index (χ1n) is 9.73. The molecular formula is C19H26ClN5O3. The molecule has 2 heterocycles. The summed E-state index contributed by atoms with van der Waals surface area (Å²) in [5.41, 5.74) is 3.68. The van der Waals surface area contributed by atoms with E-state index < -0.39 is 0 Å². The quantitative estimate of drug-likeness (QED) is 0.713. The summed E-state index contributed by atoms with van der Waals surface area (Å²) in [5, 5.41) is 8.45. The molecule has 0 bridgehead atoms. The summed E-state index contributed by atoms with van der Waals surface area (Å²) in [6.07, 6.45) is 4.20. The van der Waals surface area contributed by atoms with E-state index in [-0.39, 0.29) is 36.9 Å². The van der Waals surface area contributed by atoms with Crippen molar-refractivity contribution in [2.75, 3.05) is 19.0 Å². The van der Waals surface area contributed by atoms with Gasteiger partial charge < -0.3 is 15.0 Å². The van der Waals surface area contributed by atoms with Gasteiger partial charge in [-0.05, 0) is 38.0 Å². The fraction of sp³-hybridized carbons (Fsp3) is 0.579. The summed E-state index contributed by atoms with van der Waals surface area (Å²) in [7, 11) is 1.53. The summed E-state index contributed by atoms with van der Waals surface area (Å²) in [6, 6.07) is 4.95. The number of ether oxygens (including phenoxy) is 1. The average Bonchev–Trinajstić information content (AvgIpc) is 3.07. The number of rotatable bonds is 4. The third-order valence-electron chi connectivity index (χ3n) is 5.82. The van der Waals surface area contributed by atoms with Gasteiger partial charge in [0, 0.05) is 17.0 Å². The van der Waals surface area contributed by atoms with Gasteiger partial charge in [0.05, 0.1) is 19.0 Å². The predicted octanol–water partition coefficient (Wildman–Crippen LogP) is 2.36. The molecule has 0 radical (unpaired) electrons. The van der Waals surface area contributed by atoms with Crippen LogP contribution < -0.4 is 20.8 Å². The van der Waals surface area contributed by atoms with E-state index in [4.69, 9.17) is 16.3 Å². The van der Waals surface area contributed by atoms with Crippen molar-refractivity contribution in [1.29, 1.82) is 0 Å². The lowest BCUT2D eigenvalue weighted by Gasteiger charge is -2.49. The molecule has 3 fully saturated rings. The van der Waals surface area contributed by atoms with Crippen LogP contribution in [0.15, 0.2) is 18.2 Å². The summed E-state index contributed by atoms with van der Waals surface area (Å²) in [5.74, 6) is 0.562. The number of nitrogens with zero attached hydrogens (tertiary/aromatic N) is 2. The Bertz CT molecular complexity index is 776. The minimum absolute atomic E-state index is 0.00501. The minimum Gasteiger partial charge on any atom is -0.495 e. The number of carbonyl (C=O) groups excluding carboxylic acids is 2. The van der Waals surface area contributed by atoms with Crippen molar-refractivity contribution in [3.8, 4) is 5.75 Å². The number of benzene rings is 1. The topological polar surface area (TPSA) is 85.9 Å². The second-order valence-electron chi connectivity index (χ2n) is 7.65. The number of amides is 3. The first-order valence-corrected chi connectivity index (χ1v) is 10.1. The number of hydrogen-bond donors (Lipinski definition) is 3. The number of fused-ring (bicyclic) bond motifs is 3. The zero-order valence-electron chi connectivity index (χ0n) is 16.1. The van der Waals surface area contributed by atoms with Gasteiger partial charge in [0.15, 0.2) is 0 Å². The van der Waals surface area contributed by atoms with Crippen LogP contribution in [0.1, 0.15) is 32.6 Å². The Kier molecular flexibility index (Phi) is 5.35. The van der Waals surface area contributed by atoms with Gasteiger partial charge in [-0.25, -0.2) is 15.2 Å². The number of urea groups is 1. The van der Waals surface area contributed by atoms with E-state index in [1.54, 1.807) is 28.1 Å². The van der Waals surface area contributed by atoms with E-state index in [0.717, 1.165) is 25.7 Å². The molecule has 4 rings (SSSR count). The number of anilines is 1. The van der Waals surface area contributed by atoms with Crippen LogP contribution in [0.2, 0.25) is 5.02 Å². The highest BCUT2D eigenvalue weighted by molar-refractivity contribution is 6.31. The molecule has 0 spiro atoms. The third-order valence-corrected chi connectivity index (χ3v) is 6.06. The summed E-state index contributed by atoms with van der Waals surface area (Å²) >= 11 is 6.04. The van der Waals surface area contributed by atoms with Crippen molar-refractivity contribution in [2.45, 2.75) is 51.0 Å². The predicted molar refractivity (Wildman–Crippen MR) is 106 cm³/mol. The normalized spacial score (nSPS) is 29.3. The van der Waals surface area contributed by atoms with E-state index >= 15 is 0 Å². The molecule has 3 amide bonds. The standard InChI is InChI=1S/C19H26ClN5O3/c1-11-21-18-13-5-3-4-6-15(13)24(19(27)25(18)23-11)10-17(26)22-14-9-12(20)7-8-16(14)28-2/h7-9,11,13,15,18,21,23H,3-6,10H2,1-2H3,(H,22,26). The summed E-state index contributed by atoms with van der Waals surface area (Å²) in [4.78, 5) is 27.6. The van der Waals surface area contributed by atoms with Gasteiger partial charge in [-0.1, -0.05) is 24.4 Å². The van der Waals surface area contributed by atoms with Crippen molar-refractivity contribution in [2.24, 2.45) is 5.92 Å². The van der Waals surface area contributed by atoms with Gasteiger partial charge in [-0.15, -0.1) is 0 Å². The number of nitrogens with one attached hydrogen (secondary N) is 3. The minimum atomic E-state index is -0.267. The number of halogens is 1. The van der Waals surface area contributed by atoms with Crippen molar-refractivity contribution in [1.82, 2.24) is 20.7 Å². The fourth-order valence-corrected chi connectivity index (χ4v) is 4.80. The molecule has 152 valence electrons. The van der Waals surface area contributed by atoms with Crippen LogP contribution in [0.25, 0.3) is 0 Å². The highest BCUT2D eigenvalue weighted by atomic mass is 35.5. The second-order valence-corrected chi connectivity index (χ2v) is 8.09. The third kappa shape index (κ3) is 3.52. The smallest absolute Gasteiger partial charge is 0.336 e. The molecule has 3 aliphatic rings. The van der Waals surface area contributed by atoms with E-state index in [0.29, 0.717) is 22.4 Å². The van der Waals surface area contributed by atoms with Crippen LogP contribution in [0.5, 0.6) is 5.75 Å². The number of hydrogen-bond acceptors (Lipinski definition) is 5. The molecule has 1 aromatic carbocycles. The van der Waals surface area contributed by atoms with Gasteiger partial charge in [0.25, 0.3) is 0 Å². The monoisotopic (exact) mass is 407 g/mol. The van der Waals surface area contributed by atoms with Crippen molar-refractivity contribution in [3.63, 3.8) is 0 Å². The SMILES string of the molecule is COc1ccc(Cl)cc1NC(=O)CN1C(=O)N2NC(C)NC2C2CCCCC21. The van der Waals surface area contributed by atoms with Crippen LogP contribution in [-0.4, -0.2) is 53.9 Å². The van der Waals surface area contributed by atoms with Crippen LogP contribution in [-0.2, 0) is 4.79 Å². The highest BCUT2D eigenvalue weighted by Crippen LogP contribution is 2.37. The Morgan fingerprint density at radius 3 is 2.93 bits per heavy atom. The molecule has 1 aromatic rings. The van der Waals surface area contributed by atoms with Gasteiger partial charge >= 0.3 is 6.03 Å². The van der Waals surface area contributed by atoms with Crippen LogP contribution in [0.4, 0.5) is 10.5 Å². The lowest BCUT2D eigenvalue weighted by Crippen LogP contribution is -2.66. The Morgan fingerprint density at radius 1 is 1.36 bits per heavy atom. The Labute approximate surface area is 169 Å². The first kappa shape index (κ1) is 19.3. The second kappa shape index (κ2) is 7.77. The van der Waals surface area contributed by atoms with Gasteiger partial charge in [-0.2, -0.15) is 0 Å². The van der Waals surface area contributed by atoms with E-state index in [2.05, 4.69) is 16.1 Å². The molecule has 9 heteroatoms. The zero-order chi connectivity index (χ0) is 19.8. The Hall–Kier alpha value is -2.03. The maximum absolute atomic E-state index is 13.1. The van der Waals surface area contributed by atoms with E-state index in [1.165, 1.54) is 7.11 Å². The first-order chi connectivity index (χ1) is 13.5. The van der Waals surface area contributed by atoms with Gasteiger partial charge in [-0.3, -0.25) is 10.1 Å². The van der Waals surface area contributed by atoms with Gasteiger partial charge in [0.2, 0.25) is 5.91 Å². The molecule has 1 saturated carbocycles. The molecule has 2 saturated heterocycles. The summed E-state index contributed by atoms with van der Waals surface area (Å²) < 4.78 is 5.29. The molecule has 1 aliphatic carbocycles. The molecule has 4 atom stereocenters. The maximum Gasteiger partial charge on any atom is 0.336 e. The molecule has 28 heavy (non-hydrogen) atoms. The maximum atomic E-state index is 13.1. The average molecular weight is 408 g/mol.